The van der Waals surface area contributed by atoms with Crippen molar-refractivity contribution >= 4 is 41.0 Å². The molecule has 1 aliphatic heterocycles. The number of hydrogen-bond donors (Lipinski definition) is 1. The number of nitrogens with zero attached hydrogens (tertiary/aromatic N) is 1. The fourth-order valence-electron chi connectivity index (χ4n) is 3.97. The van der Waals surface area contributed by atoms with Gasteiger partial charge in [0.15, 0.2) is 11.5 Å². The molecule has 13 heteroatoms. The van der Waals surface area contributed by atoms with Crippen LogP contribution in [-0.4, -0.2) is 61.5 Å². The summed E-state index contributed by atoms with van der Waals surface area (Å²) in [5.74, 6) is 0.169. The summed E-state index contributed by atoms with van der Waals surface area (Å²) in [6.07, 6.45) is 4.38. The van der Waals surface area contributed by atoms with Crippen LogP contribution in [-0.2, 0) is 9.59 Å². The van der Waals surface area contributed by atoms with E-state index in [0.29, 0.717) is 35.0 Å². The molecule has 1 saturated heterocycles. The Morgan fingerprint density at radius 3 is 2.31 bits per heavy atom. The molecule has 4 rings (SSSR count). The van der Waals surface area contributed by atoms with E-state index in [2.05, 4.69) is 10.1 Å². The second-order valence-corrected chi connectivity index (χ2v) is 10.2. The molecule has 1 fully saturated rings. The van der Waals surface area contributed by atoms with Crippen LogP contribution < -0.4 is 24.3 Å². The van der Waals surface area contributed by atoms with E-state index < -0.39 is 23.7 Å². The first-order valence-electron chi connectivity index (χ1n) is 13.8. The van der Waals surface area contributed by atoms with E-state index >= 15 is 0 Å². The Hall–Kier alpha value is -4.91. The number of hydrogen-bond acceptors (Lipinski definition) is 8. The molecule has 0 unspecified atom stereocenters. The molecule has 0 radical (unpaired) electrons. The maximum atomic E-state index is 13.0. The lowest BCUT2D eigenvalue weighted by molar-refractivity contribution is -0.123. The van der Waals surface area contributed by atoms with Crippen molar-refractivity contribution in [1.82, 2.24) is 10.2 Å². The molecule has 0 aliphatic carbocycles. The van der Waals surface area contributed by atoms with Gasteiger partial charge in [0.05, 0.1) is 11.5 Å². The van der Waals surface area contributed by atoms with Gasteiger partial charge in [-0.3, -0.25) is 19.3 Å². The van der Waals surface area contributed by atoms with Crippen molar-refractivity contribution in [1.29, 1.82) is 0 Å². The van der Waals surface area contributed by atoms with Gasteiger partial charge in [-0.05, 0) is 90.5 Å². The Bertz CT molecular complexity index is 1550. The topological polar surface area (TPSA) is 103 Å². The molecule has 0 bridgehead atoms. The van der Waals surface area contributed by atoms with Gasteiger partial charge in [0.25, 0.3) is 11.1 Å². The third-order valence-corrected chi connectivity index (χ3v) is 6.94. The Morgan fingerprint density at radius 2 is 1.60 bits per heavy atom. The second kappa shape index (κ2) is 16.2. The lowest BCUT2D eigenvalue weighted by Gasteiger charge is -2.13. The largest absolute Gasteiger partial charge is 0.490 e. The average Bonchev–Trinajstić information content (AvgIpc) is 3.28. The minimum Gasteiger partial charge on any atom is -0.490 e. The SMILES string of the molecule is CCOc1cc(C=CC(=O)NCCN2C(=O)SC(=Cc3ccc(OC(F)F)cc3)C2=O)ccc1OCCOc1ccc(F)cc1. The first-order valence-corrected chi connectivity index (χ1v) is 14.6. The van der Waals surface area contributed by atoms with Crippen LogP contribution in [0.25, 0.3) is 12.2 Å². The molecule has 0 saturated carbocycles. The molecule has 1 N–H and O–H groups in total. The predicted molar refractivity (Wildman–Crippen MR) is 163 cm³/mol. The number of carbonyl (C=O) groups excluding carboxylic acids is 3. The number of nitrogens with one attached hydrogen (secondary N) is 1. The molecule has 3 aromatic rings. The molecule has 45 heavy (non-hydrogen) atoms. The highest BCUT2D eigenvalue weighted by Crippen LogP contribution is 2.32. The van der Waals surface area contributed by atoms with Crippen molar-refractivity contribution in [2.24, 2.45) is 0 Å². The summed E-state index contributed by atoms with van der Waals surface area (Å²) in [6, 6.07) is 16.5. The lowest BCUT2D eigenvalue weighted by Crippen LogP contribution is -2.36. The van der Waals surface area contributed by atoms with Crippen molar-refractivity contribution < 1.29 is 46.5 Å². The maximum absolute atomic E-state index is 13.0. The fraction of sp³-hybridized carbons (Fsp3) is 0.219. The lowest BCUT2D eigenvalue weighted by atomic mass is 10.2. The molecule has 0 spiro atoms. The van der Waals surface area contributed by atoms with Gasteiger partial charge in [0.2, 0.25) is 5.91 Å². The van der Waals surface area contributed by atoms with Crippen molar-refractivity contribution in [3.63, 3.8) is 0 Å². The normalized spacial score (nSPS) is 14.0. The number of rotatable bonds is 15. The van der Waals surface area contributed by atoms with E-state index in [-0.39, 0.29) is 42.8 Å². The van der Waals surface area contributed by atoms with Crippen LogP contribution >= 0.6 is 11.8 Å². The first-order chi connectivity index (χ1) is 21.7. The minimum atomic E-state index is -2.95. The van der Waals surface area contributed by atoms with E-state index in [0.717, 1.165) is 16.7 Å². The number of carbonyl (C=O) groups is 3. The van der Waals surface area contributed by atoms with E-state index in [9.17, 15) is 27.6 Å². The highest BCUT2D eigenvalue weighted by Gasteiger charge is 2.34. The zero-order chi connectivity index (χ0) is 32.2. The molecular weight excluding hydrogens is 613 g/mol. The monoisotopic (exact) mass is 642 g/mol. The summed E-state index contributed by atoms with van der Waals surface area (Å²) in [5.41, 5.74) is 1.21. The second-order valence-electron chi connectivity index (χ2n) is 9.20. The highest BCUT2D eigenvalue weighted by molar-refractivity contribution is 8.18. The van der Waals surface area contributed by atoms with Gasteiger partial charge < -0.3 is 24.3 Å². The summed E-state index contributed by atoms with van der Waals surface area (Å²) < 4.78 is 59.0. The van der Waals surface area contributed by atoms with Crippen molar-refractivity contribution in [3.8, 4) is 23.0 Å². The third-order valence-electron chi connectivity index (χ3n) is 6.03. The average molecular weight is 643 g/mol. The molecule has 236 valence electrons. The van der Waals surface area contributed by atoms with Crippen LogP contribution in [0.5, 0.6) is 23.0 Å². The van der Waals surface area contributed by atoms with Crippen LogP contribution in [0.1, 0.15) is 18.1 Å². The molecule has 1 heterocycles. The molecule has 0 aromatic heterocycles. The molecule has 0 atom stereocenters. The summed E-state index contributed by atoms with van der Waals surface area (Å²) in [5, 5.41) is 2.16. The van der Waals surface area contributed by atoms with Crippen molar-refractivity contribution in [2.75, 3.05) is 32.9 Å². The fourth-order valence-corrected chi connectivity index (χ4v) is 4.83. The van der Waals surface area contributed by atoms with E-state index in [4.69, 9.17) is 14.2 Å². The number of thioether (sulfide) groups is 1. The van der Waals surface area contributed by atoms with Crippen LogP contribution in [0.2, 0.25) is 0 Å². The molecule has 9 nitrogen and oxygen atoms in total. The van der Waals surface area contributed by atoms with E-state index in [1.807, 2.05) is 6.92 Å². The van der Waals surface area contributed by atoms with E-state index in [1.165, 1.54) is 60.7 Å². The standard InChI is InChI=1S/C32H29F3N2O7S/c1-2-41-27-19-21(5-13-26(27)43-18-17-42-24-11-7-23(33)8-12-24)6-14-29(38)36-15-16-37-30(39)28(45-32(37)40)20-22-3-9-25(10-4-22)44-31(34)35/h3-14,19-20,31H,2,15-18H2,1H3,(H,36,38). The summed E-state index contributed by atoms with van der Waals surface area (Å²) in [7, 11) is 0. The smallest absolute Gasteiger partial charge is 0.387 e. The number of halogens is 3. The summed E-state index contributed by atoms with van der Waals surface area (Å²) in [4.78, 5) is 38.7. The molecule has 3 amide bonds. The van der Waals surface area contributed by atoms with Crippen LogP contribution in [0.3, 0.4) is 0 Å². The van der Waals surface area contributed by atoms with Gasteiger partial charge in [-0.25, -0.2) is 4.39 Å². The maximum Gasteiger partial charge on any atom is 0.387 e. The molecular formula is C32H29F3N2O7S. The summed E-state index contributed by atoms with van der Waals surface area (Å²) in [6.45, 7) is -0.271. The predicted octanol–water partition coefficient (Wildman–Crippen LogP) is 6.15. The number of benzene rings is 3. The third kappa shape index (κ3) is 10.1. The van der Waals surface area contributed by atoms with Crippen LogP contribution in [0, 0.1) is 5.82 Å². The number of alkyl halides is 2. The number of imide groups is 1. The zero-order valence-corrected chi connectivity index (χ0v) is 24.9. The quantitative estimate of drug-likeness (QED) is 0.156. The van der Waals surface area contributed by atoms with Gasteiger partial charge in [0.1, 0.15) is 30.5 Å². The van der Waals surface area contributed by atoms with Crippen LogP contribution in [0.15, 0.2) is 77.7 Å². The minimum absolute atomic E-state index is 0.0253. The first kappa shape index (κ1) is 33.0. The van der Waals surface area contributed by atoms with Gasteiger partial charge >= 0.3 is 6.61 Å². The van der Waals surface area contributed by atoms with Crippen LogP contribution in [0.4, 0.5) is 18.0 Å². The molecule has 3 aromatic carbocycles. The Kier molecular flexibility index (Phi) is 11.9. The van der Waals surface area contributed by atoms with Gasteiger partial charge in [-0.15, -0.1) is 0 Å². The number of ether oxygens (including phenoxy) is 4. The van der Waals surface area contributed by atoms with Crippen molar-refractivity contribution in [3.05, 3.63) is 94.7 Å². The van der Waals surface area contributed by atoms with Gasteiger partial charge in [0, 0.05) is 19.2 Å². The Labute approximate surface area is 261 Å². The van der Waals surface area contributed by atoms with Gasteiger partial charge in [-0.1, -0.05) is 18.2 Å². The van der Waals surface area contributed by atoms with E-state index in [1.54, 1.807) is 24.3 Å². The highest BCUT2D eigenvalue weighted by atomic mass is 32.2. The Balaban J connectivity index is 1.24. The summed E-state index contributed by atoms with van der Waals surface area (Å²) >= 11 is 0.749. The number of amides is 3. The Morgan fingerprint density at radius 1 is 0.911 bits per heavy atom. The molecule has 1 aliphatic rings. The zero-order valence-electron chi connectivity index (χ0n) is 24.0. The van der Waals surface area contributed by atoms with Crippen molar-refractivity contribution in [2.45, 2.75) is 13.5 Å². The van der Waals surface area contributed by atoms with Gasteiger partial charge in [-0.2, -0.15) is 8.78 Å².